The molecule has 0 fully saturated rings. The van der Waals surface area contributed by atoms with Gasteiger partial charge in [-0.15, -0.1) is 11.3 Å². The van der Waals surface area contributed by atoms with E-state index in [9.17, 15) is 14.4 Å². The van der Waals surface area contributed by atoms with Crippen molar-refractivity contribution in [2.75, 3.05) is 5.32 Å². The van der Waals surface area contributed by atoms with Gasteiger partial charge in [-0.05, 0) is 48.7 Å². The number of nitrogens with one attached hydrogen (secondary N) is 2. The predicted octanol–water partition coefficient (Wildman–Crippen LogP) is 3.67. The molecule has 1 aromatic carbocycles. The molecule has 6 nitrogen and oxygen atoms in total. The first kappa shape index (κ1) is 19.7. The molecule has 0 atom stereocenters. The Kier molecular flexibility index (Phi) is 6.52. The van der Waals surface area contributed by atoms with E-state index in [2.05, 4.69) is 10.6 Å². The molecular formula is C19H22N2O4S. The fraction of sp³-hybridized carbons (Fsp3) is 0.316. The fourth-order valence-corrected chi connectivity index (χ4v) is 3.16. The molecule has 138 valence electrons. The van der Waals surface area contributed by atoms with Crippen molar-refractivity contribution in [1.82, 2.24) is 5.32 Å². The molecule has 0 spiro atoms. The van der Waals surface area contributed by atoms with Crippen molar-refractivity contribution < 1.29 is 19.5 Å². The van der Waals surface area contributed by atoms with Crippen LogP contribution in [-0.4, -0.2) is 22.9 Å². The van der Waals surface area contributed by atoms with Gasteiger partial charge in [-0.25, -0.2) is 4.79 Å². The zero-order valence-electron chi connectivity index (χ0n) is 15.0. The summed E-state index contributed by atoms with van der Waals surface area (Å²) in [6.07, 6.45) is 0.445. The lowest BCUT2D eigenvalue weighted by Crippen LogP contribution is -2.22. The van der Waals surface area contributed by atoms with Gasteiger partial charge in [0.25, 0.3) is 5.91 Å². The van der Waals surface area contributed by atoms with E-state index in [1.165, 1.54) is 6.07 Å². The second-order valence-electron chi connectivity index (χ2n) is 6.43. The Morgan fingerprint density at radius 2 is 1.88 bits per heavy atom. The Hall–Kier alpha value is -2.67. The largest absolute Gasteiger partial charge is 0.477 e. The number of anilines is 1. The van der Waals surface area contributed by atoms with E-state index in [0.29, 0.717) is 17.7 Å². The molecule has 26 heavy (non-hydrogen) atoms. The third-order valence-electron chi connectivity index (χ3n) is 3.65. The van der Waals surface area contributed by atoms with Gasteiger partial charge in [0.15, 0.2) is 0 Å². The van der Waals surface area contributed by atoms with Crippen LogP contribution in [0, 0.1) is 12.8 Å². The van der Waals surface area contributed by atoms with Crippen molar-refractivity contribution in [3.05, 3.63) is 51.2 Å². The second kappa shape index (κ2) is 8.62. The lowest BCUT2D eigenvalue weighted by Gasteiger charge is -2.11. The number of rotatable bonds is 7. The number of benzene rings is 1. The average molecular weight is 374 g/mol. The molecular weight excluding hydrogens is 352 g/mol. The summed E-state index contributed by atoms with van der Waals surface area (Å²) < 4.78 is 0. The van der Waals surface area contributed by atoms with Crippen LogP contribution >= 0.6 is 11.3 Å². The smallest absolute Gasteiger partial charge is 0.345 e. The minimum absolute atomic E-state index is 0.0489. The number of hydrogen-bond donors (Lipinski definition) is 3. The maximum absolute atomic E-state index is 12.3. The molecule has 1 heterocycles. The van der Waals surface area contributed by atoms with E-state index in [1.807, 2.05) is 20.8 Å². The highest BCUT2D eigenvalue weighted by Crippen LogP contribution is 2.19. The van der Waals surface area contributed by atoms with Gasteiger partial charge in [0, 0.05) is 22.5 Å². The molecule has 0 saturated heterocycles. The third kappa shape index (κ3) is 5.42. The van der Waals surface area contributed by atoms with Gasteiger partial charge in [-0.3, -0.25) is 9.59 Å². The molecule has 1 aromatic heterocycles. The molecule has 2 amide bonds. The van der Waals surface area contributed by atoms with Gasteiger partial charge in [0.1, 0.15) is 4.88 Å². The van der Waals surface area contributed by atoms with E-state index in [1.54, 1.807) is 24.3 Å². The van der Waals surface area contributed by atoms with Gasteiger partial charge >= 0.3 is 5.97 Å². The summed E-state index contributed by atoms with van der Waals surface area (Å²) in [4.78, 5) is 36.0. The molecule has 2 rings (SSSR count). The number of amides is 2. The topological polar surface area (TPSA) is 95.5 Å². The molecule has 7 heteroatoms. The lowest BCUT2D eigenvalue weighted by atomic mass is 10.1. The summed E-state index contributed by atoms with van der Waals surface area (Å²) in [5, 5.41) is 14.5. The summed E-state index contributed by atoms with van der Waals surface area (Å²) >= 11 is 1.13. The van der Waals surface area contributed by atoms with Crippen LogP contribution in [0.4, 0.5) is 5.69 Å². The van der Waals surface area contributed by atoms with Crippen LogP contribution in [0.15, 0.2) is 30.3 Å². The minimum atomic E-state index is -0.974. The molecule has 0 aliphatic rings. The predicted molar refractivity (Wildman–Crippen MR) is 102 cm³/mol. The van der Waals surface area contributed by atoms with Gasteiger partial charge in [-0.2, -0.15) is 0 Å². The van der Waals surface area contributed by atoms with Gasteiger partial charge in [0.2, 0.25) is 5.91 Å². The Bertz CT molecular complexity index is 827. The molecule has 0 bridgehead atoms. The average Bonchev–Trinajstić information content (AvgIpc) is 3.03. The van der Waals surface area contributed by atoms with Crippen molar-refractivity contribution in [3.63, 3.8) is 0 Å². The fourth-order valence-electron chi connectivity index (χ4n) is 2.37. The monoisotopic (exact) mass is 374 g/mol. The van der Waals surface area contributed by atoms with Crippen LogP contribution < -0.4 is 10.6 Å². The summed E-state index contributed by atoms with van der Waals surface area (Å²) in [6.45, 7) is 6.06. The Morgan fingerprint density at radius 1 is 1.15 bits per heavy atom. The Morgan fingerprint density at radius 3 is 2.46 bits per heavy atom. The molecule has 0 aliphatic heterocycles. The van der Waals surface area contributed by atoms with Crippen molar-refractivity contribution >= 4 is 34.8 Å². The van der Waals surface area contributed by atoms with E-state index < -0.39 is 5.97 Å². The summed E-state index contributed by atoms with van der Waals surface area (Å²) in [6, 6.07) is 8.30. The number of carboxylic acid groups (broad SMARTS) is 1. The highest BCUT2D eigenvalue weighted by atomic mass is 32.1. The maximum Gasteiger partial charge on any atom is 0.345 e. The summed E-state index contributed by atoms with van der Waals surface area (Å²) in [7, 11) is 0. The number of aromatic carboxylic acids is 1. The molecule has 0 aliphatic carbocycles. The minimum Gasteiger partial charge on any atom is -0.477 e. The lowest BCUT2D eigenvalue weighted by molar-refractivity contribution is -0.116. The highest BCUT2D eigenvalue weighted by Gasteiger charge is 2.12. The van der Waals surface area contributed by atoms with Gasteiger partial charge in [-0.1, -0.05) is 13.8 Å². The number of carboxylic acids is 1. The first-order valence-electron chi connectivity index (χ1n) is 8.27. The second-order valence-corrected chi connectivity index (χ2v) is 7.60. The summed E-state index contributed by atoms with van der Waals surface area (Å²) in [5.41, 5.74) is 1.98. The van der Waals surface area contributed by atoms with Crippen molar-refractivity contribution in [1.29, 1.82) is 0 Å². The number of carbonyl (C=O) groups excluding carboxylic acids is 2. The van der Waals surface area contributed by atoms with Gasteiger partial charge in [0.05, 0.1) is 6.54 Å². The first-order chi connectivity index (χ1) is 12.3. The maximum atomic E-state index is 12.3. The van der Waals surface area contributed by atoms with E-state index in [0.717, 1.165) is 21.8 Å². The van der Waals surface area contributed by atoms with Crippen LogP contribution in [0.2, 0.25) is 0 Å². The zero-order valence-corrected chi connectivity index (χ0v) is 15.8. The molecule has 3 N–H and O–H groups in total. The van der Waals surface area contributed by atoms with E-state index in [4.69, 9.17) is 5.11 Å². The number of aryl methyl sites for hydroxylation is 1. The third-order valence-corrected chi connectivity index (χ3v) is 4.73. The first-order valence-corrected chi connectivity index (χ1v) is 9.08. The van der Waals surface area contributed by atoms with Crippen LogP contribution in [0.5, 0.6) is 0 Å². The van der Waals surface area contributed by atoms with Crippen molar-refractivity contribution in [2.45, 2.75) is 33.7 Å². The summed E-state index contributed by atoms with van der Waals surface area (Å²) in [5.74, 6) is -0.997. The van der Waals surface area contributed by atoms with Crippen LogP contribution in [0.1, 0.15) is 50.7 Å². The quantitative estimate of drug-likeness (QED) is 0.689. The number of thiophene rings is 1. The zero-order chi connectivity index (χ0) is 19.3. The molecule has 0 radical (unpaired) electrons. The standard InChI is InChI=1S/C19H22N2O4S/c1-11(2)8-17(22)21-15-6-4-13(9-12(15)3)18(23)20-10-14-5-7-16(26-14)19(24)25/h4-7,9,11H,8,10H2,1-3H3,(H,20,23)(H,21,22)(H,24,25). The Labute approximate surface area is 156 Å². The van der Waals surface area contributed by atoms with E-state index in [-0.39, 0.29) is 29.2 Å². The van der Waals surface area contributed by atoms with Crippen LogP contribution in [-0.2, 0) is 11.3 Å². The Balaban J connectivity index is 1.97. The molecule has 0 saturated carbocycles. The number of carbonyl (C=O) groups is 3. The molecule has 2 aromatic rings. The van der Waals surface area contributed by atoms with E-state index >= 15 is 0 Å². The molecule has 0 unspecified atom stereocenters. The van der Waals surface area contributed by atoms with Crippen molar-refractivity contribution in [3.8, 4) is 0 Å². The normalized spacial score (nSPS) is 10.6. The number of hydrogen-bond acceptors (Lipinski definition) is 4. The van der Waals surface area contributed by atoms with Gasteiger partial charge < -0.3 is 15.7 Å². The van der Waals surface area contributed by atoms with Crippen LogP contribution in [0.3, 0.4) is 0 Å². The SMILES string of the molecule is Cc1cc(C(=O)NCc2ccc(C(=O)O)s2)ccc1NC(=O)CC(C)C. The van der Waals surface area contributed by atoms with Crippen molar-refractivity contribution in [2.24, 2.45) is 5.92 Å². The van der Waals surface area contributed by atoms with Crippen LogP contribution in [0.25, 0.3) is 0 Å². The highest BCUT2D eigenvalue weighted by molar-refractivity contribution is 7.13.